The Morgan fingerprint density at radius 3 is 2.55 bits per heavy atom. The van der Waals surface area contributed by atoms with Gasteiger partial charge in [0.2, 0.25) is 5.30 Å². The highest BCUT2D eigenvalue weighted by Crippen LogP contribution is 2.29. The van der Waals surface area contributed by atoms with Crippen LogP contribution >= 0.6 is 8.03 Å². The van der Waals surface area contributed by atoms with E-state index in [0.29, 0.717) is 10.9 Å². The first-order valence-corrected chi connectivity index (χ1v) is 7.21. The zero-order valence-corrected chi connectivity index (χ0v) is 12.2. The van der Waals surface area contributed by atoms with E-state index in [4.69, 9.17) is 9.68 Å². The van der Waals surface area contributed by atoms with Crippen molar-refractivity contribution < 1.29 is 13.9 Å². The molecule has 0 aliphatic carbocycles. The third kappa shape index (κ3) is 2.14. The van der Waals surface area contributed by atoms with Crippen LogP contribution in [0.3, 0.4) is 0 Å². The fourth-order valence-electron chi connectivity index (χ4n) is 2.36. The molecule has 5 nitrogen and oxygen atoms in total. The summed E-state index contributed by atoms with van der Waals surface area (Å²) in [6.45, 7) is 5.73. The van der Waals surface area contributed by atoms with Crippen LogP contribution in [0.1, 0.15) is 36.5 Å². The predicted octanol–water partition coefficient (Wildman–Crippen LogP) is 1.82. The summed E-state index contributed by atoms with van der Waals surface area (Å²) in [4.78, 5) is 23.1. The molecule has 1 unspecified atom stereocenters. The van der Waals surface area contributed by atoms with E-state index < -0.39 is 19.2 Å². The van der Waals surface area contributed by atoms with Gasteiger partial charge in [0.25, 0.3) is 0 Å². The van der Waals surface area contributed by atoms with Crippen molar-refractivity contribution in [3.8, 4) is 6.07 Å². The molecule has 0 radical (unpaired) electrons. The number of rotatable bonds is 2. The van der Waals surface area contributed by atoms with Gasteiger partial charge in [0.1, 0.15) is 11.7 Å². The number of hydrogen-bond donors (Lipinski definition) is 0. The van der Waals surface area contributed by atoms with Gasteiger partial charge >= 0.3 is 13.7 Å². The maximum atomic E-state index is 11.7. The summed E-state index contributed by atoms with van der Waals surface area (Å²) in [5.41, 5.74) is 0.467. The van der Waals surface area contributed by atoms with Gasteiger partial charge in [-0.1, -0.05) is 24.5 Å². The normalized spacial score (nSPS) is 11.7. The topological polar surface area (TPSA) is 94.1 Å². The molecule has 0 saturated heterocycles. The maximum absolute atomic E-state index is 11.7. The van der Waals surface area contributed by atoms with Crippen molar-refractivity contribution in [2.45, 2.75) is 26.7 Å². The molecule has 6 heteroatoms. The Hall–Kier alpha value is -2.02. The first-order chi connectivity index (χ1) is 9.38. The molecule has 0 N–H and O–H groups in total. The van der Waals surface area contributed by atoms with Crippen LogP contribution in [0.4, 0.5) is 0 Å². The third-order valence-corrected chi connectivity index (χ3v) is 4.08. The summed E-state index contributed by atoms with van der Waals surface area (Å²) in [6.07, 6.45) is 0. The molecule has 1 heterocycles. The lowest BCUT2D eigenvalue weighted by atomic mass is 9.95. The smallest absolute Gasteiger partial charge is 0.359 e. The molecule has 0 saturated carbocycles. The molecule has 0 fully saturated rings. The lowest BCUT2D eigenvalue weighted by Crippen LogP contribution is -2.21. The Labute approximate surface area is 116 Å². The van der Waals surface area contributed by atoms with Crippen molar-refractivity contribution >= 4 is 24.3 Å². The largest absolute Gasteiger partial charge is 0.591 e. The van der Waals surface area contributed by atoms with Gasteiger partial charge in [-0.15, -0.1) is 0 Å². The van der Waals surface area contributed by atoms with Crippen LogP contribution < -0.4 is 15.8 Å². The third-order valence-electron chi connectivity index (χ3n) is 3.27. The highest BCUT2D eigenvalue weighted by Gasteiger charge is 2.26. The van der Waals surface area contributed by atoms with E-state index in [2.05, 4.69) is 0 Å². The maximum Gasteiger partial charge on any atom is 0.359 e. The molecule has 2 aromatic rings. The fraction of sp³-hybridized carbons (Fsp3) is 0.286. The van der Waals surface area contributed by atoms with E-state index in [1.807, 2.05) is 13.8 Å². The van der Waals surface area contributed by atoms with Crippen molar-refractivity contribution in [2.24, 2.45) is 0 Å². The highest BCUT2D eigenvalue weighted by molar-refractivity contribution is 7.46. The van der Waals surface area contributed by atoms with Crippen molar-refractivity contribution in [2.75, 3.05) is 0 Å². The van der Waals surface area contributed by atoms with Gasteiger partial charge in [-0.2, -0.15) is 5.26 Å². The average molecular weight is 289 g/mol. The molecule has 20 heavy (non-hydrogen) atoms. The molecule has 1 atom stereocenters. The molecule has 2 rings (SSSR count). The van der Waals surface area contributed by atoms with Crippen LogP contribution in [0.15, 0.2) is 21.3 Å². The Bertz CT molecular complexity index is 815. The lowest BCUT2D eigenvalue weighted by Gasteiger charge is -2.12. The van der Waals surface area contributed by atoms with Crippen molar-refractivity contribution in [1.29, 1.82) is 5.26 Å². The average Bonchev–Trinajstić information content (AvgIpc) is 2.36. The quantitative estimate of drug-likeness (QED) is 0.621. The van der Waals surface area contributed by atoms with Crippen molar-refractivity contribution in [3.05, 3.63) is 39.2 Å². The van der Waals surface area contributed by atoms with E-state index in [9.17, 15) is 14.3 Å². The van der Waals surface area contributed by atoms with Gasteiger partial charge in [-0.3, -0.25) is 0 Å². The summed E-state index contributed by atoms with van der Waals surface area (Å²) < 4.78 is 16.5. The minimum absolute atomic E-state index is 0.185. The molecule has 1 aromatic heterocycles. The summed E-state index contributed by atoms with van der Waals surface area (Å²) in [5, 5.41) is 9.08. The summed E-state index contributed by atoms with van der Waals surface area (Å²) in [7, 11) is -3.07. The van der Waals surface area contributed by atoms with E-state index in [0.717, 1.165) is 5.56 Å². The number of fused-ring (bicyclic) bond motifs is 1. The Kier molecular flexibility index (Phi) is 3.71. The van der Waals surface area contributed by atoms with Crippen LogP contribution in [0.5, 0.6) is 0 Å². The monoisotopic (exact) mass is 289 g/mol. The van der Waals surface area contributed by atoms with Crippen LogP contribution in [-0.2, 0) is 4.57 Å². The highest BCUT2D eigenvalue weighted by atomic mass is 31.1. The molecule has 0 aliphatic rings. The summed E-state index contributed by atoms with van der Waals surface area (Å²) >= 11 is 0. The molecule has 0 aliphatic heterocycles. The van der Waals surface area contributed by atoms with Crippen LogP contribution in [0.25, 0.3) is 11.0 Å². The number of nitrogens with zero attached hydrogens (tertiary/aromatic N) is 1. The van der Waals surface area contributed by atoms with Gasteiger partial charge in [0.15, 0.2) is 5.56 Å². The second-order valence-corrected chi connectivity index (χ2v) is 5.75. The Morgan fingerprint density at radius 1 is 1.40 bits per heavy atom. The minimum Gasteiger partial charge on any atom is -0.591 e. The first kappa shape index (κ1) is 14.4. The molecule has 0 amide bonds. The fourth-order valence-corrected chi connectivity index (χ4v) is 3.15. The zero-order valence-electron chi connectivity index (χ0n) is 11.3. The number of benzene rings is 1. The van der Waals surface area contributed by atoms with Crippen molar-refractivity contribution in [1.82, 2.24) is 0 Å². The lowest BCUT2D eigenvalue weighted by molar-refractivity contribution is -0.160. The Balaban J connectivity index is 3.09. The van der Waals surface area contributed by atoms with Crippen LogP contribution in [0.2, 0.25) is 0 Å². The second kappa shape index (κ2) is 5.16. The molecule has 0 bridgehead atoms. The Morgan fingerprint density at radius 2 is 2.05 bits per heavy atom. The SMILES string of the molecule is Cc1c(C(C)C)ccc2oc(=O)c(C#N)c([P+](=O)[O-])c12. The van der Waals surface area contributed by atoms with Gasteiger partial charge in [-0.05, 0) is 30.0 Å². The number of hydrogen-bond acceptors (Lipinski definition) is 5. The molecule has 1 aromatic carbocycles. The van der Waals surface area contributed by atoms with E-state index in [1.165, 1.54) is 0 Å². The standard InChI is InChI=1S/C14H12NO4P/c1-7(2)9-4-5-11-12(8(9)3)13(20(17)18)10(6-15)14(16)19-11/h4-5,7H,1-3H3. The van der Waals surface area contributed by atoms with Crippen LogP contribution in [-0.4, -0.2) is 0 Å². The van der Waals surface area contributed by atoms with Crippen molar-refractivity contribution in [3.63, 3.8) is 0 Å². The van der Waals surface area contributed by atoms with Crippen LogP contribution in [0, 0.1) is 18.3 Å². The summed E-state index contributed by atoms with van der Waals surface area (Å²) in [5.74, 6) is 0.189. The number of aryl methyl sites for hydroxylation is 1. The molecule has 0 spiro atoms. The van der Waals surface area contributed by atoms with E-state index in [1.54, 1.807) is 25.1 Å². The van der Waals surface area contributed by atoms with E-state index >= 15 is 0 Å². The van der Waals surface area contributed by atoms with Gasteiger partial charge < -0.3 is 9.31 Å². The summed E-state index contributed by atoms with van der Waals surface area (Å²) in [6, 6.07) is 5.00. The second-order valence-electron chi connectivity index (χ2n) is 4.79. The van der Waals surface area contributed by atoms with Gasteiger partial charge in [0, 0.05) is 0 Å². The first-order valence-electron chi connectivity index (χ1n) is 6.03. The molecule has 102 valence electrons. The number of nitriles is 1. The molecular weight excluding hydrogens is 277 g/mol. The zero-order chi connectivity index (χ0) is 15.0. The van der Waals surface area contributed by atoms with Gasteiger partial charge in [0.05, 0.1) is 5.39 Å². The van der Waals surface area contributed by atoms with E-state index in [-0.39, 0.29) is 16.8 Å². The predicted molar refractivity (Wildman–Crippen MR) is 73.3 cm³/mol. The minimum atomic E-state index is -3.07. The molecular formula is C14H12NO4P. The van der Waals surface area contributed by atoms with Gasteiger partial charge in [-0.25, -0.2) is 4.79 Å².